The van der Waals surface area contributed by atoms with Crippen molar-refractivity contribution in [2.75, 3.05) is 0 Å². The van der Waals surface area contributed by atoms with Gasteiger partial charge in [-0.3, -0.25) is 4.79 Å². The molecule has 1 heterocycles. The Morgan fingerprint density at radius 1 is 1.39 bits per heavy atom. The number of carboxylic acids is 1. The van der Waals surface area contributed by atoms with Crippen molar-refractivity contribution in [3.8, 4) is 0 Å². The van der Waals surface area contributed by atoms with Gasteiger partial charge in [-0.15, -0.1) is 11.3 Å². The zero-order valence-corrected chi connectivity index (χ0v) is 13.3. The number of amides is 1. The van der Waals surface area contributed by atoms with Crippen molar-refractivity contribution in [1.82, 2.24) is 10.3 Å². The van der Waals surface area contributed by atoms with Crippen molar-refractivity contribution in [2.45, 2.75) is 45.3 Å². The highest BCUT2D eigenvalue weighted by Crippen LogP contribution is 2.39. The topological polar surface area (TPSA) is 79.3 Å². The smallest absolute Gasteiger partial charge is 0.391 e. The molecular weight excluding hydrogens is 333 g/mol. The number of aryl methyl sites for hydroxylation is 1. The van der Waals surface area contributed by atoms with E-state index in [1.165, 1.54) is 0 Å². The molecule has 0 aliphatic heterocycles. The predicted octanol–water partition coefficient (Wildman–Crippen LogP) is 3.13. The van der Waals surface area contributed by atoms with E-state index >= 15 is 0 Å². The Morgan fingerprint density at radius 3 is 2.65 bits per heavy atom. The summed E-state index contributed by atoms with van der Waals surface area (Å²) in [6, 6.07) is 0. The average molecular weight is 350 g/mol. The Bertz CT molecular complexity index is 601. The molecule has 2 atom stereocenters. The first-order valence-corrected chi connectivity index (χ1v) is 8.04. The van der Waals surface area contributed by atoms with Crippen LogP contribution in [0.5, 0.6) is 0 Å². The van der Waals surface area contributed by atoms with Crippen molar-refractivity contribution < 1.29 is 27.9 Å². The van der Waals surface area contributed by atoms with Crippen LogP contribution in [0.25, 0.3) is 0 Å². The van der Waals surface area contributed by atoms with Crippen molar-refractivity contribution in [2.24, 2.45) is 11.8 Å². The molecule has 1 aromatic heterocycles. The highest BCUT2D eigenvalue weighted by molar-refractivity contribution is 7.13. The molecule has 0 radical (unpaired) electrons. The van der Waals surface area contributed by atoms with Gasteiger partial charge in [-0.25, -0.2) is 9.78 Å². The van der Waals surface area contributed by atoms with Gasteiger partial charge in [0.2, 0.25) is 5.91 Å². The van der Waals surface area contributed by atoms with E-state index in [4.69, 9.17) is 5.11 Å². The third-order valence-corrected chi connectivity index (χ3v) is 5.10. The van der Waals surface area contributed by atoms with Gasteiger partial charge in [0.05, 0.1) is 18.2 Å². The third kappa shape index (κ3) is 4.43. The van der Waals surface area contributed by atoms with Crippen LogP contribution in [0.15, 0.2) is 0 Å². The van der Waals surface area contributed by atoms with Crippen LogP contribution in [0.3, 0.4) is 0 Å². The molecule has 5 nitrogen and oxygen atoms in total. The SMILES string of the molecule is Cc1nc(CNC(=O)C2CCCC(C(F)(F)F)C2)sc1C(=O)O. The number of carbonyl (C=O) groups excluding carboxylic acids is 1. The Balaban J connectivity index is 1.92. The van der Waals surface area contributed by atoms with Gasteiger partial charge in [0, 0.05) is 5.92 Å². The summed E-state index contributed by atoms with van der Waals surface area (Å²) in [6.45, 7) is 1.59. The molecule has 1 fully saturated rings. The number of carbonyl (C=O) groups is 2. The number of aromatic carboxylic acids is 1. The number of nitrogens with one attached hydrogen (secondary N) is 1. The first kappa shape index (κ1) is 17.7. The predicted molar refractivity (Wildman–Crippen MR) is 77.2 cm³/mol. The highest BCUT2D eigenvalue weighted by atomic mass is 32.1. The molecular formula is C14H17F3N2O3S. The number of hydrogen-bond acceptors (Lipinski definition) is 4. The van der Waals surface area contributed by atoms with E-state index in [0.717, 1.165) is 11.3 Å². The normalized spacial score (nSPS) is 21.9. The molecule has 1 amide bonds. The molecule has 0 spiro atoms. The Kier molecular flexibility index (Phi) is 5.28. The minimum Gasteiger partial charge on any atom is -0.477 e. The summed E-state index contributed by atoms with van der Waals surface area (Å²) in [5.41, 5.74) is 0.363. The van der Waals surface area contributed by atoms with Crippen LogP contribution in [0.1, 0.15) is 46.1 Å². The zero-order valence-electron chi connectivity index (χ0n) is 12.4. The quantitative estimate of drug-likeness (QED) is 0.874. The second-order valence-electron chi connectivity index (χ2n) is 5.65. The van der Waals surface area contributed by atoms with E-state index < -0.39 is 29.9 Å². The van der Waals surface area contributed by atoms with Crippen LogP contribution in [-0.2, 0) is 11.3 Å². The van der Waals surface area contributed by atoms with Crippen LogP contribution in [-0.4, -0.2) is 28.1 Å². The summed E-state index contributed by atoms with van der Waals surface area (Å²) < 4.78 is 38.3. The number of aromatic nitrogens is 1. The van der Waals surface area contributed by atoms with E-state index in [1.807, 2.05) is 0 Å². The van der Waals surface area contributed by atoms with Gasteiger partial charge in [-0.2, -0.15) is 13.2 Å². The summed E-state index contributed by atoms with van der Waals surface area (Å²) in [4.78, 5) is 27.1. The molecule has 0 aromatic carbocycles. The van der Waals surface area contributed by atoms with Gasteiger partial charge < -0.3 is 10.4 Å². The molecule has 2 unspecified atom stereocenters. The number of alkyl halides is 3. The fourth-order valence-corrected chi connectivity index (χ4v) is 3.60. The lowest BCUT2D eigenvalue weighted by molar-refractivity contribution is -0.186. The zero-order chi connectivity index (χ0) is 17.2. The highest BCUT2D eigenvalue weighted by Gasteiger charge is 2.43. The molecule has 1 aromatic rings. The average Bonchev–Trinajstić information content (AvgIpc) is 2.85. The number of carboxylic acid groups (broad SMARTS) is 1. The van der Waals surface area contributed by atoms with E-state index in [9.17, 15) is 22.8 Å². The monoisotopic (exact) mass is 350 g/mol. The Hall–Kier alpha value is -1.64. The second-order valence-corrected chi connectivity index (χ2v) is 6.73. The number of rotatable bonds is 4. The Morgan fingerprint density at radius 2 is 2.09 bits per heavy atom. The maximum Gasteiger partial charge on any atom is 0.391 e. The van der Waals surface area contributed by atoms with Gasteiger partial charge in [-0.05, 0) is 26.2 Å². The van der Waals surface area contributed by atoms with Gasteiger partial charge in [0.1, 0.15) is 9.88 Å². The van der Waals surface area contributed by atoms with Crippen LogP contribution >= 0.6 is 11.3 Å². The first-order chi connectivity index (χ1) is 10.7. The van der Waals surface area contributed by atoms with Gasteiger partial charge in [0.25, 0.3) is 0 Å². The van der Waals surface area contributed by atoms with E-state index in [-0.39, 0.29) is 24.3 Å². The molecule has 2 N–H and O–H groups in total. The lowest BCUT2D eigenvalue weighted by Gasteiger charge is -2.29. The maximum atomic E-state index is 12.8. The fourth-order valence-electron chi connectivity index (χ4n) is 2.76. The van der Waals surface area contributed by atoms with Crippen LogP contribution in [0.4, 0.5) is 13.2 Å². The molecule has 9 heteroatoms. The first-order valence-electron chi connectivity index (χ1n) is 7.22. The maximum absolute atomic E-state index is 12.8. The minimum atomic E-state index is -4.26. The van der Waals surface area contributed by atoms with Crippen molar-refractivity contribution >= 4 is 23.2 Å². The molecule has 23 heavy (non-hydrogen) atoms. The molecule has 2 rings (SSSR count). The molecule has 128 valence electrons. The summed E-state index contributed by atoms with van der Waals surface area (Å²) in [5, 5.41) is 11.9. The second kappa shape index (κ2) is 6.86. The standard InChI is InChI=1S/C14H17F3N2O3S/c1-7-11(13(21)22)23-10(19-7)6-18-12(20)8-3-2-4-9(5-8)14(15,16)17/h8-9H,2-6H2,1H3,(H,18,20)(H,21,22). The largest absolute Gasteiger partial charge is 0.477 e. The number of halogens is 3. The Labute approximate surface area is 134 Å². The number of hydrogen-bond donors (Lipinski definition) is 2. The van der Waals surface area contributed by atoms with Crippen molar-refractivity contribution in [3.63, 3.8) is 0 Å². The summed E-state index contributed by atoms with van der Waals surface area (Å²) in [7, 11) is 0. The minimum absolute atomic E-state index is 0.0325. The van der Waals surface area contributed by atoms with Crippen LogP contribution in [0, 0.1) is 18.8 Å². The lowest BCUT2D eigenvalue weighted by Crippen LogP contribution is -2.37. The van der Waals surface area contributed by atoms with Crippen LogP contribution < -0.4 is 5.32 Å². The third-order valence-electron chi connectivity index (χ3n) is 3.96. The molecule has 1 saturated carbocycles. The van der Waals surface area contributed by atoms with Gasteiger partial charge in [-0.1, -0.05) is 6.42 Å². The van der Waals surface area contributed by atoms with Gasteiger partial charge in [0.15, 0.2) is 0 Å². The van der Waals surface area contributed by atoms with E-state index in [0.29, 0.717) is 23.5 Å². The number of nitrogens with zero attached hydrogens (tertiary/aromatic N) is 1. The van der Waals surface area contributed by atoms with Crippen LogP contribution in [0.2, 0.25) is 0 Å². The van der Waals surface area contributed by atoms with Crippen molar-refractivity contribution in [1.29, 1.82) is 0 Å². The lowest BCUT2D eigenvalue weighted by atomic mass is 9.80. The van der Waals surface area contributed by atoms with E-state index in [2.05, 4.69) is 10.3 Å². The van der Waals surface area contributed by atoms with Gasteiger partial charge >= 0.3 is 12.1 Å². The van der Waals surface area contributed by atoms with Crippen molar-refractivity contribution in [3.05, 3.63) is 15.6 Å². The number of thiazole rings is 1. The summed E-state index contributed by atoms with van der Waals surface area (Å²) in [5.74, 6) is -3.59. The van der Waals surface area contributed by atoms with E-state index in [1.54, 1.807) is 6.92 Å². The molecule has 1 aliphatic carbocycles. The molecule has 1 aliphatic rings. The fraction of sp³-hybridized carbons (Fsp3) is 0.643. The summed E-state index contributed by atoms with van der Waals surface area (Å²) >= 11 is 0.956. The summed E-state index contributed by atoms with van der Waals surface area (Å²) in [6.07, 6.45) is -3.56. The molecule has 0 bridgehead atoms. The molecule has 0 saturated heterocycles.